The molecule has 0 unspecified atom stereocenters. The maximum atomic E-state index is 11.8. The fourth-order valence-electron chi connectivity index (χ4n) is 1.66. The third-order valence-corrected chi connectivity index (χ3v) is 2.75. The summed E-state index contributed by atoms with van der Waals surface area (Å²) >= 11 is 0. The molecule has 21 heavy (non-hydrogen) atoms. The standard InChI is InChI=1S/C12H22N6O3/c1-16(2)5-4-6-17(3)12(21)13-7-10-8-18(15-14-10)9-11(19)20/h8H,4-7,9H2,1-3H3,(H,13,21)(H,19,20). The number of carboxylic acids is 1. The average Bonchev–Trinajstić information content (AvgIpc) is 2.82. The summed E-state index contributed by atoms with van der Waals surface area (Å²) in [5, 5.41) is 18.8. The minimum atomic E-state index is -0.990. The number of hydrogen-bond acceptors (Lipinski definition) is 5. The summed E-state index contributed by atoms with van der Waals surface area (Å²) in [6.45, 7) is 1.55. The van der Waals surface area contributed by atoms with E-state index in [1.807, 2.05) is 14.1 Å². The lowest BCUT2D eigenvalue weighted by molar-refractivity contribution is -0.137. The molecular formula is C12H22N6O3. The van der Waals surface area contributed by atoms with Crippen LogP contribution in [0.1, 0.15) is 12.1 Å². The number of urea groups is 1. The number of nitrogens with one attached hydrogen (secondary N) is 1. The summed E-state index contributed by atoms with van der Waals surface area (Å²) in [5.41, 5.74) is 0.520. The second-order valence-corrected chi connectivity index (χ2v) is 5.04. The van der Waals surface area contributed by atoms with E-state index in [9.17, 15) is 9.59 Å². The van der Waals surface area contributed by atoms with Crippen molar-refractivity contribution in [3.63, 3.8) is 0 Å². The molecule has 0 bridgehead atoms. The quantitative estimate of drug-likeness (QED) is 0.668. The summed E-state index contributed by atoms with van der Waals surface area (Å²) in [7, 11) is 5.70. The molecule has 0 atom stereocenters. The largest absolute Gasteiger partial charge is 0.480 e. The number of aliphatic carboxylic acids is 1. The number of carbonyl (C=O) groups excluding carboxylic acids is 1. The number of amides is 2. The number of carboxylic acid groups (broad SMARTS) is 1. The van der Waals surface area contributed by atoms with E-state index < -0.39 is 5.97 Å². The zero-order valence-corrected chi connectivity index (χ0v) is 12.6. The van der Waals surface area contributed by atoms with Crippen molar-refractivity contribution in [2.24, 2.45) is 0 Å². The van der Waals surface area contributed by atoms with Crippen LogP contribution in [0.3, 0.4) is 0 Å². The fraction of sp³-hybridized carbons (Fsp3) is 0.667. The maximum absolute atomic E-state index is 11.8. The van der Waals surface area contributed by atoms with Crippen LogP contribution in [0.2, 0.25) is 0 Å². The first-order chi connectivity index (χ1) is 9.88. The minimum absolute atomic E-state index is 0.193. The Labute approximate surface area is 123 Å². The highest BCUT2D eigenvalue weighted by molar-refractivity contribution is 5.73. The smallest absolute Gasteiger partial charge is 0.325 e. The van der Waals surface area contributed by atoms with Gasteiger partial charge in [0, 0.05) is 13.6 Å². The molecule has 1 aromatic rings. The van der Waals surface area contributed by atoms with Gasteiger partial charge in [0.25, 0.3) is 0 Å². The van der Waals surface area contributed by atoms with Gasteiger partial charge in [0.05, 0.1) is 12.7 Å². The van der Waals surface area contributed by atoms with Gasteiger partial charge < -0.3 is 20.2 Å². The second-order valence-electron chi connectivity index (χ2n) is 5.04. The van der Waals surface area contributed by atoms with Crippen molar-refractivity contribution in [1.82, 2.24) is 30.1 Å². The molecule has 0 saturated carbocycles. The number of carbonyl (C=O) groups is 2. The SMILES string of the molecule is CN(C)CCCN(C)C(=O)NCc1cn(CC(=O)O)nn1. The van der Waals surface area contributed by atoms with Gasteiger partial charge in [-0.05, 0) is 27.1 Å². The van der Waals surface area contributed by atoms with E-state index in [4.69, 9.17) is 5.11 Å². The molecule has 0 aliphatic rings. The molecule has 1 aromatic heterocycles. The van der Waals surface area contributed by atoms with Gasteiger partial charge >= 0.3 is 12.0 Å². The van der Waals surface area contributed by atoms with E-state index in [0.717, 1.165) is 13.0 Å². The van der Waals surface area contributed by atoms with Gasteiger partial charge in [0.2, 0.25) is 0 Å². The summed E-state index contributed by atoms with van der Waals surface area (Å²) in [6.07, 6.45) is 2.39. The zero-order valence-electron chi connectivity index (χ0n) is 12.6. The second kappa shape index (κ2) is 8.20. The number of nitrogens with zero attached hydrogens (tertiary/aromatic N) is 5. The first kappa shape index (κ1) is 16.9. The molecule has 9 heteroatoms. The van der Waals surface area contributed by atoms with Gasteiger partial charge in [-0.2, -0.15) is 0 Å². The average molecular weight is 298 g/mol. The van der Waals surface area contributed by atoms with Gasteiger partial charge in [-0.25, -0.2) is 9.48 Å². The molecular weight excluding hydrogens is 276 g/mol. The molecule has 0 aliphatic heterocycles. The highest BCUT2D eigenvalue weighted by atomic mass is 16.4. The van der Waals surface area contributed by atoms with E-state index in [2.05, 4.69) is 20.5 Å². The van der Waals surface area contributed by atoms with Crippen LogP contribution in [-0.2, 0) is 17.9 Å². The van der Waals surface area contributed by atoms with E-state index >= 15 is 0 Å². The number of rotatable bonds is 8. The maximum Gasteiger partial charge on any atom is 0.325 e. The molecule has 2 amide bonds. The first-order valence-corrected chi connectivity index (χ1v) is 6.63. The van der Waals surface area contributed by atoms with E-state index in [1.165, 1.54) is 10.9 Å². The van der Waals surface area contributed by atoms with Gasteiger partial charge in [-0.3, -0.25) is 4.79 Å². The van der Waals surface area contributed by atoms with Gasteiger partial charge in [-0.15, -0.1) is 5.10 Å². The number of hydrogen-bond donors (Lipinski definition) is 2. The van der Waals surface area contributed by atoms with E-state index in [0.29, 0.717) is 12.2 Å². The highest BCUT2D eigenvalue weighted by Gasteiger charge is 2.09. The van der Waals surface area contributed by atoms with Crippen molar-refractivity contribution in [1.29, 1.82) is 0 Å². The Morgan fingerprint density at radius 1 is 1.33 bits per heavy atom. The van der Waals surface area contributed by atoms with Crippen LogP contribution >= 0.6 is 0 Å². The minimum Gasteiger partial charge on any atom is -0.480 e. The summed E-state index contributed by atoms with van der Waals surface area (Å²) in [5.74, 6) is -0.990. The Bertz CT molecular complexity index is 473. The molecule has 118 valence electrons. The monoisotopic (exact) mass is 298 g/mol. The van der Waals surface area contributed by atoms with Crippen LogP contribution in [0.4, 0.5) is 4.79 Å². The highest BCUT2D eigenvalue weighted by Crippen LogP contribution is 1.95. The van der Waals surface area contributed by atoms with Crippen molar-refractivity contribution in [3.8, 4) is 0 Å². The number of aromatic nitrogens is 3. The molecule has 1 rings (SSSR count). The molecule has 0 saturated heterocycles. The molecule has 2 N–H and O–H groups in total. The van der Waals surface area contributed by atoms with Crippen molar-refractivity contribution in [3.05, 3.63) is 11.9 Å². The molecule has 0 spiro atoms. The molecule has 0 radical (unpaired) electrons. The predicted octanol–water partition coefficient (Wildman–Crippen LogP) is -0.544. The molecule has 1 heterocycles. The summed E-state index contributed by atoms with van der Waals surface area (Å²) in [4.78, 5) is 26.0. The van der Waals surface area contributed by atoms with Crippen LogP contribution in [0.15, 0.2) is 6.20 Å². The molecule has 0 aliphatic carbocycles. The van der Waals surface area contributed by atoms with E-state index in [1.54, 1.807) is 11.9 Å². The Morgan fingerprint density at radius 2 is 2.05 bits per heavy atom. The van der Waals surface area contributed by atoms with Gasteiger partial charge in [0.1, 0.15) is 12.2 Å². The van der Waals surface area contributed by atoms with Crippen LogP contribution in [0.5, 0.6) is 0 Å². The topological polar surface area (TPSA) is 104 Å². The van der Waals surface area contributed by atoms with Crippen LogP contribution < -0.4 is 5.32 Å². The predicted molar refractivity (Wildman–Crippen MR) is 75.7 cm³/mol. The lowest BCUT2D eigenvalue weighted by Gasteiger charge is -2.18. The lowest BCUT2D eigenvalue weighted by Crippen LogP contribution is -2.38. The zero-order chi connectivity index (χ0) is 15.8. The van der Waals surface area contributed by atoms with Crippen molar-refractivity contribution < 1.29 is 14.7 Å². The Morgan fingerprint density at radius 3 is 2.67 bits per heavy atom. The summed E-state index contributed by atoms with van der Waals surface area (Å²) < 4.78 is 1.21. The van der Waals surface area contributed by atoms with Gasteiger partial charge in [0.15, 0.2) is 0 Å². The molecule has 0 fully saturated rings. The van der Waals surface area contributed by atoms with Crippen LogP contribution in [0.25, 0.3) is 0 Å². The molecule has 0 aromatic carbocycles. The summed E-state index contributed by atoms with van der Waals surface area (Å²) in [6, 6.07) is -0.193. The van der Waals surface area contributed by atoms with Crippen molar-refractivity contribution in [2.75, 3.05) is 34.2 Å². The Kier molecular flexibility index (Phi) is 6.60. The van der Waals surface area contributed by atoms with Crippen molar-refractivity contribution >= 4 is 12.0 Å². The Balaban J connectivity index is 2.31. The third-order valence-electron chi connectivity index (χ3n) is 2.75. The van der Waals surface area contributed by atoms with Gasteiger partial charge in [-0.1, -0.05) is 5.21 Å². The first-order valence-electron chi connectivity index (χ1n) is 6.63. The van der Waals surface area contributed by atoms with Crippen molar-refractivity contribution in [2.45, 2.75) is 19.5 Å². The molecule has 9 nitrogen and oxygen atoms in total. The van der Waals surface area contributed by atoms with Crippen LogP contribution in [0, 0.1) is 0 Å². The third kappa shape index (κ3) is 6.70. The fourth-order valence-corrected chi connectivity index (χ4v) is 1.66. The lowest BCUT2D eigenvalue weighted by atomic mass is 10.4. The van der Waals surface area contributed by atoms with E-state index in [-0.39, 0.29) is 19.1 Å². The normalized spacial score (nSPS) is 10.7. The van der Waals surface area contributed by atoms with Crippen LogP contribution in [-0.4, -0.2) is 76.1 Å². The Hall–Kier alpha value is -2.16.